The molecule has 0 bridgehead atoms. The molecule has 4 heterocycles. The van der Waals surface area contributed by atoms with Crippen molar-refractivity contribution in [1.29, 1.82) is 0 Å². The molecule has 0 radical (unpaired) electrons. The Kier molecular flexibility index (Phi) is 2.51. The van der Waals surface area contributed by atoms with Crippen LogP contribution in [0.25, 0.3) is 31.3 Å². The van der Waals surface area contributed by atoms with Gasteiger partial charge in [-0.05, 0) is 11.4 Å². The maximum Gasteiger partial charge on any atom is 0.155 e. The molecule has 4 aromatic rings. The molecule has 0 saturated heterocycles. The van der Waals surface area contributed by atoms with E-state index in [0.29, 0.717) is 0 Å². The average Bonchev–Trinajstić information content (AvgIpc) is 3.15. The summed E-state index contributed by atoms with van der Waals surface area (Å²) in [5.41, 5.74) is 2.82. The second-order valence-corrected chi connectivity index (χ2v) is 6.34. The first-order valence-corrected chi connectivity index (χ1v) is 7.80. The maximum absolute atomic E-state index is 4.77. The van der Waals surface area contributed by atoms with Gasteiger partial charge in [0.1, 0.15) is 26.4 Å². The van der Waals surface area contributed by atoms with Crippen LogP contribution in [0.5, 0.6) is 0 Å². The number of aromatic nitrogens is 4. The van der Waals surface area contributed by atoms with Gasteiger partial charge in [0.05, 0.1) is 11.2 Å². The van der Waals surface area contributed by atoms with Crippen LogP contribution in [-0.4, -0.2) is 26.6 Å². The van der Waals surface area contributed by atoms with Crippen molar-refractivity contribution in [3.05, 3.63) is 23.8 Å². The molecule has 4 aromatic heterocycles. The van der Waals surface area contributed by atoms with Crippen molar-refractivity contribution < 1.29 is 0 Å². The lowest BCUT2D eigenvalue weighted by atomic mass is 10.3. The SMILES string of the molecule is CNc1nc2sc(-c3cccs3)nc2c2c1ncn2C. The smallest absolute Gasteiger partial charge is 0.155 e. The van der Waals surface area contributed by atoms with E-state index >= 15 is 0 Å². The summed E-state index contributed by atoms with van der Waals surface area (Å²) in [6.45, 7) is 0. The summed E-state index contributed by atoms with van der Waals surface area (Å²) in [6.07, 6.45) is 1.80. The molecule has 0 aliphatic rings. The Bertz CT molecular complexity index is 904. The molecule has 0 spiro atoms. The number of hydrogen-bond donors (Lipinski definition) is 1. The van der Waals surface area contributed by atoms with Crippen molar-refractivity contribution in [2.24, 2.45) is 7.05 Å². The van der Waals surface area contributed by atoms with Gasteiger partial charge >= 0.3 is 0 Å². The maximum atomic E-state index is 4.77. The topological polar surface area (TPSA) is 55.6 Å². The third kappa shape index (κ3) is 1.56. The number of thiazole rings is 1. The molecule has 100 valence electrons. The van der Waals surface area contributed by atoms with Gasteiger partial charge in [-0.15, -0.1) is 11.3 Å². The molecule has 0 aliphatic heterocycles. The van der Waals surface area contributed by atoms with Gasteiger partial charge in [-0.25, -0.2) is 15.0 Å². The lowest BCUT2D eigenvalue weighted by Crippen LogP contribution is -1.95. The van der Waals surface area contributed by atoms with Crippen LogP contribution in [0.4, 0.5) is 5.82 Å². The van der Waals surface area contributed by atoms with E-state index in [1.165, 1.54) is 4.88 Å². The summed E-state index contributed by atoms with van der Waals surface area (Å²) in [5, 5.41) is 6.19. The molecule has 0 amide bonds. The van der Waals surface area contributed by atoms with Gasteiger partial charge in [-0.2, -0.15) is 0 Å². The number of pyridine rings is 1. The van der Waals surface area contributed by atoms with Crippen LogP contribution in [0.15, 0.2) is 23.8 Å². The third-order valence-electron chi connectivity index (χ3n) is 3.18. The second-order valence-electron chi connectivity index (χ2n) is 4.41. The Hall–Kier alpha value is -1.99. The number of fused-ring (bicyclic) bond motifs is 3. The van der Waals surface area contributed by atoms with Gasteiger partial charge in [-0.3, -0.25) is 0 Å². The van der Waals surface area contributed by atoms with Crippen molar-refractivity contribution in [2.75, 3.05) is 12.4 Å². The van der Waals surface area contributed by atoms with Gasteiger partial charge in [0, 0.05) is 14.1 Å². The summed E-state index contributed by atoms with van der Waals surface area (Å²) in [4.78, 5) is 15.9. The summed E-state index contributed by atoms with van der Waals surface area (Å²) in [7, 11) is 3.85. The molecule has 0 unspecified atom stereocenters. The van der Waals surface area contributed by atoms with E-state index in [-0.39, 0.29) is 0 Å². The molecule has 1 N–H and O–H groups in total. The highest BCUT2D eigenvalue weighted by molar-refractivity contribution is 7.25. The van der Waals surface area contributed by atoms with Crippen LogP contribution in [-0.2, 0) is 7.05 Å². The quantitative estimate of drug-likeness (QED) is 0.617. The van der Waals surface area contributed by atoms with E-state index in [2.05, 4.69) is 26.7 Å². The fourth-order valence-electron chi connectivity index (χ4n) is 2.26. The molecule has 7 heteroatoms. The van der Waals surface area contributed by atoms with E-state index in [9.17, 15) is 0 Å². The monoisotopic (exact) mass is 301 g/mol. The molecule has 5 nitrogen and oxygen atoms in total. The fourth-order valence-corrected chi connectivity index (χ4v) is 4.00. The minimum Gasteiger partial charge on any atom is -0.371 e. The molecular weight excluding hydrogens is 290 g/mol. The van der Waals surface area contributed by atoms with Crippen molar-refractivity contribution in [1.82, 2.24) is 19.5 Å². The van der Waals surface area contributed by atoms with Crippen LogP contribution in [0.2, 0.25) is 0 Å². The first-order valence-electron chi connectivity index (χ1n) is 6.11. The van der Waals surface area contributed by atoms with Crippen molar-refractivity contribution in [2.45, 2.75) is 0 Å². The number of nitrogens with zero attached hydrogens (tertiary/aromatic N) is 4. The lowest BCUT2D eigenvalue weighted by Gasteiger charge is -2.01. The van der Waals surface area contributed by atoms with E-state index in [4.69, 9.17) is 4.98 Å². The number of rotatable bonds is 2. The van der Waals surface area contributed by atoms with Crippen LogP contribution < -0.4 is 5.32 Å². The van der Waals surface area contributed by atoms with E-state index < -0.39 is 0 Å². The number of nitrogens with one attached hydrogen (secondary N) is 1. The zero-order valence-electron chi connectivity index (χ0n) is 10.9. The predicted octanol–water partition coefficient (Wildman–Crippen LogP) is 3.35. The molecule has 0 fully saturated rings. The highest BCUT2D eigenvalue weighted by Crippen LogP contribution is 2.36. The average molecular weight is 301 g/mol. The first kappa shape index (κ1) is 11.8. The number of thiophene rings is 1. The van der Waals surface area contributed by atoms with Crippen molar-refractivity contribution >= 4 is 49.9 Å². The van der Waals surface area contributed by atoms with Crippen LogP contribution in [0, 0.1) is 0 Å². The Balaban J connectivity index is 2.11. The zero-order valence-corrected chi connectivity index (χ0v) is 12.5. The highest BCUT2D eigenvalue weighted by atomic mass is 32.1. The molecular formula is C13H11N5S2. The van der Waals surface area contributed by atoms with Crippen LogP contribution in [0.3, 0.4) is 0 Å². The Morgan fingerprint density at radius 1 is 1.25 bits per heavy atom. The minimum absolute atomic E-state index is 0.800. The lowest BCUT2D eigenvalue weighted by molar-refractivity contribution is 0.949. The number of aryl methyl sites for hydroxylation is 1. The van der Waals surface area contributed by atoms with E-state index in [1.807, 2.05) is 24.7 Å². The largest absolute Gasteiger partial charge is 0.371 e. The second kappa shape index (κ2) is 4.26. The summed E-state index contributed by atoms with van der Waals surface area (Å²) in [6, 6.07) is 4.12. The van der Waals surface area contributed by atoms with Crippen molar-refractivity contribution in [3.63, 3.8) is 0 Å². The summed E-state index contributed by atoms with van der Waals surface area (Å²) >= 11 is 3.31. The van der Waals surface area contributed by atoms with Gasteiger partial charge in [0.2, 0.25) is 0 Å². The minimum atomic E-state index is 0.800. The molecule has 0 aromatic carbocycles. The van der Waals surface area contributed by atoms with E-state index in [1.54, 1.807) is 29.0 Å². The predicted molar refractivity (Wildman–Crippen MR) is 84.5 cm³/mol. The standard InChI is InChI=1S/C13H11N5S2/c1-14-11-8-10(18(2)6-15-8)9-13(17-11)20-12(16-9)7-4-3-5-19-7/h3-6H,1-2H3,(H,14,17). The fraction of sp³-hybridized carbons (Fsp3) is 0.154. The number of anilines is 1. The number of hydrogen-bond acceptors (Lipinski definition) is 6. The molecule has 0 aliphatic carbocycles. The highest BCUT2D eigenvalue weighted by Gasteiger charge is 2.17. The van der Waals surface area contributed by atoms with Gasteiger partial charge < -0.3 is 9.88 Å². The van der Waals surface area contributed by atoms with Crippen LogP contribution in [0.1, 0.15) is 0 Å². The Morgan fingerprint density at radius 3 is 2.90 bits per heavy atom. The summed E-state index contributed by atoms with van der Waals surface area (Å²) in [5.74, 6) is 0.800. The Labute approximate surface area is 122 Å². The van der Waals surface area contributed by atoms with Gasteiger partial charge in [0.15, 0.2) is 5.82 Å². The van der Waals surface area contributed by atoms with Gasteiger partial charge in [-0.1, -0.05) is 17.4 Å². The molecule has 4 rings (SSSR count). The molecule has 0 saturated carbocycles. The Morgan fingerprint density at radius 2 is 2.15 bits per heavy atom. The normalized spacial score (nSPS) is 11.5. The zero-order chi connectivity index (χ0) is 13.7. The number of imidazole rings is 1. The summed E-state index contributed by atoms with van der Waals surface area (Å²) < 4.78 is 2.00. The van der Waals surface area contributed by atoms with Crippen molar-refractivity contribution in [3.8, 4) is 9.88 Å². The van der Waals surface area contributed by atoms with E-state index in [0.717, 1.165) is 32.2 Å². The van der Waals surface area contributed by atoms with Crippen LogP contribution >= 0.6 is 22.7 Å². The molecule has 20 heavy (non-hydrogen) atoms. The third-order valence-corrected chi connectivity index (χ3v) is 5.17. The molecule has 0 atom stereocenters. The van der Waals surface area contributed by atoms with Gasteiger partial charge in [0.25, 0.3) is 0 Å². The first-order chi connectivity index (χ1) is 9.78.